The molecule has 0 heterocycles. The summed E-state index contributed by atoms with van der Waals surface area (Å²) in [6.07, 6.45) is 1.24. The summed E-state index contributed by atoms with van der Waals surface area (Å²) in [6.45, 7) is 1.88. The molecule has 2 N–H and O–H groups in total. The number of aliphatic hydroxyl groups excluding tert-OH is 1. The maximum atomic E-state index is 12.6. The number of carboxylic acid groups (broad SMARTS) is 1. The van der Waals surface area contributed by atoms with Gasteiger partial charge in [0, 0.05) is 18.4 Å². The molecule has 0 aliphatic heterocycles. The number of Topliss-reactive ketones (excluding diaryl/α,β-unsaturated/α-hetero) is 1. The van der Waals surface area contributed by atoms with Crippen molar-refractivity contribution in [3.05, 3.63) is 60.2 Å². The lowest BCUT2D eigenvalue weighted by Crippen LogP contribution is -2.17. The molecule has 0 amide bonds. The Balaban J connectivity index is 2.04. The van der Waals surface area contributed by atoms with Crippen LogP contribution in [0.4, 0.5) is 0 Å². The number of carbonyl (C=O) groups excluding carboxylic acids is 1. The van der Waals surface area contributed by atoms with Crippen molar-refractivity contribution >= 4 is 11.8 Å². The van der Waals surface area contributed by atoms with Gasteiger partial charge < -0.3 is 10.2 Å². The van der Waals surface area contributed by atoms with E-state index in [0.29, 0.717) is 24.8 Å². The molecule has 0 saturated carbocycles. The van der Waals surface area contributed by atoms with Gasteiger partial charge in [-0.2, -0.15) is 0 Å². The summed E-state index contributed by atoms with van der Waals surface area (Å²) in [5.74, 6) is -1.01. The van der Waals surface area contributed by atoms with Crippen molar-refractivity contribution in [1.82, 2.24) is 0 Å². The number of ketones is 1. The van der Waals surface area contributed by atoms with Crippen LogP contribution in [0.15, 0.2) is 54.6 Å². The molecule has 0 saturated heterocycles. The van der Waals surface area contributed by atoms with Crippen LogP contribution in [0.3, 0.4) is 0 Å². The van der Waals surface area contributed by atoms with Gasteiger partial charge in [0.15, 0.2) is 5.78 Å². The molecule has 0 bridgehead atoms. The molecule has 2 atom stereocenters. The van der Waals surface area contributed by atoms with Gasteiger partial charge in [0.2, 0.25) is 0 Å². The number of benzene rings is 2. The molecule has 0 aliphatic rings. The van der Waals surface area contributed by atoms with Gasteiger partial charge in [-0.1, -0.05) is 61.5 Å². The highest BCUT2D eigenvalue weighted by Gasteiger charge is 2.19. The smallest absolute Gasteiger partial charge is 0.303 e. The minimum absolute atomic E-state index is 0.0108. The van der Waals surface area contributed by atoms with Gasteiger partial charge in [-0.3, -0.25) is 9.59 Å². The van der Waals surface area contributed by atoms with Gasteiger partial charge in [0.05, 0.1) is 6.10 Å². The number of carboxylic acids is 1. The van der Waals surface area contributed by atoms with E-state index in [1.807, 2.05) is 61.5 Å². The number of aliphatic hydroxyl groups is 1. The van der Waals surface area contributed by atoms with Crippen molar-refractivity contribution in [3.8, 4) is 11.1 Å². The first-order valence-electron chi connectivity index (χ1n) is 9.08. The first-order chi connectivity index (χ1) is 12.5. The molecule has 2 aromatic rings. The molecule has 0 radical (unpaired) electrons. The second-order valence-electron chi connectivity index (χ2n) is 6.67. The zero-order chi connectivity index (χ0) is 18.9. The Kier molecular flexibility index (Phi) is 7.54. The summed E-state index contributed by atoms with van der Waals surface area (Å²) in [7, 11) is 0. The molecular formula is C22H26O4. The average molecular weight is 354 g/mol. The van der Waals surface area contributed by atoms with Crippen LogP contribution in [-0.2, 0) is 4.79 Å². The van der Waals surface area contributed by atoms with E-state index in [0.717, 1.165) is 11.1 Å². The Bertz CT molecular complexity index is 707. The molecule has 2 aromatic carbocycles. The second kappa shape index (κ2) is 9.88. The Hall–Kier alpha value is -2.46. The van der Waals surface area contributed by atoms with Crippen molar-refractivity contribution in [1.29, 1.82) is 0 Å². The van der Waals surface area contributed by atoms with E-state index in [4.69, 9.17) is 5.11 Å². The number of carbonyl (C=O) groups is 2. The quantitative estimate of drug-likeness (QED) is 0.613. The minimum Gasteiger partial charge on any atom is -0.481 e. The average Bonchev–Trinajstić information content (AvgIpc) is 2.66. The minimum atomic E-state index is -0.874. The molecule has 4 heteroatoms. The highest BCUT2D eigenvalue weighted by atomic mass is 16.4. The predicted molar refractivity (Wildman–Crippen MR) is 102 cm³/mol. The monoisotopic (exact) mass is 354 g/mol. The lowest BCUT2D eigenvalue weighted by Gasteiger charge is -2.18. The molecule has 0 aliphatic carbocycles. The van der Waals surface area contributed by atoms with Gasteiger partial charge in [0.25, 0.3) is 0 Å². The highest BCUT2D eigenvalue weighted by Crippen LogP contribution is 2.24. The van der Waals surface area contributed by atoms with Crippen molar-refractivity contribution in [2.24, 2.45) is 5.92 Å². The fourth-order valence-corrected chi connectivity index (χ4v) is 3.04. The molecular weight excluding hydrogens is 328 g/mol. The molecule has 0 fully saturated rings. The van der Waals surface area contributed by atoms with Gasteiger partial charge >= 0.3 is 5.97 Å². The number of hydrogen-bond acceptors (Lipinski definition) is 3. The zero-order valence-electron chi connectivity index (χ0n) is 15.1. The van der Waals surface area contributed by atoms with E-state index >= 15 is 0 Å². The van der Waals surface area contributed by atoms with Gasteiger partial charge in [-0.05, 0) is 36.3 Å². The third-order valence-electron chi connectivity index (χ3n) is 4.63. The van der Waals surface area contributed by atoms with Crippen LogP contribution >= 0.6 is 0 Å². The second-order valence-corrected chi connectivity index (χ2v) is 6.67. The standard InChI is InChI=1S/C22H26O4/c1-2-20(23)14-16(8-13-22(25)26)15-21(24)19-11-9-18(10-12-19)17-6-4-3-5-7-17/h3-7,9-12,16,20,23H,2,8,13-15H2,1H3,(H,25,26)/t16?,20-/m1/s1. The molecule has 138 valence electrons. The number of hydrogen-bond donors (Lipinski definition) is 2. The Labute approximate surface area is 154 Å². The lowest BCUT2D eigenvalue weighted by molar-refractivity contribution is -0.137. The summed E-state index contributed by atoms with van der Waals surface area (Å²) >= 11 is 0. The van der Waals surface area contributed by atoms with Crippen LogP contribution < -0.4 is 0 Å². The Morgan fingerprint density at radius 3 is 2.15 bits per heavy atom. The molecule has 26 heavy (non-hydrogen) atoms. The molecule has 0 aromatic heterocycles. The van der Waals surface area contributed by atoms with E-state index in [9.17, 15) is 14.7 Å². The number of rotatable bonds is 10. The topological polar surface area (TPSA) is 74.6 Å². The summed E-state index contributed by atoms with van der Waals surface area (Å²) in [5.41, 5.74) is 2.76. The SMILES string of the molecule is CC[C@@H](O)CC(CCC(=O)O)CC(=O)c1ccc(-c2ccccc2)cc1. The summed E-state index contributed by atoms with van der Waals surface area (Å²) in [4.78, 5) is 23.4. The lowest BCUT2D eigenvalue weighted by atomic mass is 9.88. The van der Waals surface area contributed by atoms with Crippen molar-refractivity contribution in [3.63, 3.8) is 0 Å². The summed E-state index contributed by atoms with van der Waals surface area (Å²) in [6, 6.07) is 17.4. The number of aliphatic carboxylic acids is 1. The van der Waals surface area contributed by atoms with Crippen LogP contribution in [0.5, 0.6) is 0 Å². The maximum absolute atomic E-state index is 12.6. The van der Waals surface area contributed by atoms with Crippen LogP contribution in [0.2, 0.25) is 0 Å². The van der Waals surface area contributed by atoms with E-state index in [1.54, 1.807) is 0 Å². The van der Waals surface area contributed by atoms with Gasteiger partial charge in [0.1, 0.15) is 0 Å². The zero-order valence-corrected chi connectivity index (χ0v) is 15.1. The summed E-state index contributed by atoms with van der Waals surface area (Å²) in [5, 5.41) is 18.8. The van der Waals surface area contributed by atoms with Crippen molar-refractivity contribution in [2.75, 3.05) is 0 Å². The fourth-order valence-electron chi connectivity index (χ4n) is 3.04. The third kappa shape index (κ3) is 6.12. The molecule has 0 spiro atoms. The maximum Gasteiger partial charge on any atom is 0.303 e. The first-order valence-corrected chi connectivity index (χ1v) is 9.08. The van der Waals surface area contributed by atoms with E-state index in [2.05, 4.69) is 0 Å². The fraction of sp³-hybridized carbons (Fsp3) is 0.364. The van der Waals surface area contributed by atoms with Crippen molar-refractivity contribution < 1.29 is 19.8 Å². The van der Waals surface area contributed by atoms with Crippen LogP contribution in [0.25, 0.3) is 11.1 Å². The predicted octanol–water partition coefficient (Wildman–Crippen LogP) is 4.57. The Morgan fingerprint density at radius 2 is 1.58 bits per heavy atom. The van der Waals surface area contributed by atoms with Crippen LogP contribution in [0.1, 0.15) is 49.4 Å². The Morgan fingerprint density at radius 1 is 0.962 bits per heavy atom. The van der Waals surface area contributed by atoms with Gasteiger partial charge in [-0.15, -0.1) is 0 Å². The molecule has 4 nitrogen and oxygen atoms in total. The van der Waals surface area contributed by atoms with Crippen LogP contribution in [-0.4, -0.2) is 28.1 Å². The largest absolute Gasteiger partial charge is 0.481 e. The third-order valence-corrected chi connectivity index (χ3v) is 4.63. The van der Waals surface area contributed by atoms with Crippen molar-refractivity contribution in [2.45, 2.75) is 45.1 Å². The summed E-state index contributed by atoms with van der Waals surface area (Å²) < 4.78 is 0. The van der Waals surface area contributed by atoms with E-state index in [1.165, 1.54) is 0 Å². The highest BCUT2D eigenvalue weighted by molar-refractivity contribution is 5.96. The van der Waals surface area contributed by atoms with E-state index < -0.39 is 12.1 Å². The van der Waals surface area contributed by atoms with Gasteiger partial charge in [-0.25, -0.2) is 0 Å². The molecule has 2 rings (SSSR count). The molecule has 1 unspecified atom stereocenters. The first kappa shape index (κ1) is 19.9. The van der Waals surface area contributed by atoms with Crippen LogP contribution in [0, 0.1) is 5.92 Å². The normalized spacial score (nSPS) is 13.2. The van der Waals surface area contributed by atoms with E-state index in [-0.39, 0.29) is 24.5 Å².